The zero-order valence-electron chi connectivity index (χ0n) is 17.8. The van der Waals surface area contributed by atoms with Gasteiger partial charge in [0.1, 0.15) is 0 Å². The fourth-order valence-electron chi connectivity index (χ4n) is 4.69. The van der Waals surface area contributed by atoms with Crippen molar-refractivity contribution in [2.45, 2.75) is 77.5 Å². The molecule has 1 aromatic carbocycles. The van der Waals surface area contributed by atoms with Crippen LogP contribution in [0.15, 0.2) is 18.2 Å². The van der Waals surface area contributed by atoms with Gasteiger partial charge in [0.05, 0.1) is 16.8 Å². The summed E-state index contributed by atoms with van der Waals surface area (Å²) >= 11 is 0. The molecule has 4 rings (SSSR count). The van der Waals surface area contributed by atoms with E-state index >= 15 is 0 Å². The second kappa shape index (κ2) is 7.96. The summed E-state index contributed by atoms with van der Waals surface area (Å²) in [4.78, 5) is 12.1. The van der Waals surface area contributed by atoms with Crippen LogP contribution in [0.5, 0.6) is 0 Å². The van der Waals surface area contributed by atoms with E-state index in [1.807, 2.05) is 0 Å². The van der Waals surface area contributed by atoms with Crippen LogP contribution in [0.25, 0.3) is 10.9 Å². The minimum atomic E-state index is 0.00126. The fourth-order valence-corrected chi connectivity index (χ4v) is 4.69. The Bertz CT molecular complexity index is 835. The minimum Gasteiger partial charge on any atom is -0.375 e. The summed E-state index contributed by atoms with van der Waals surface area (Å²) in [6, 6.07) is 7.59. The molecule has 152 valence electrons. The number of aromatic nitrogens is 2. The number of nitrogens with one attached hydrogen (secondary N) is 1. The lowest BCUT2D eigenvalue weighted by Crippen LogP contribution is -2.47. The lowest BCUT2D eigenvalue weighted by atomic mass is 9.93. The molecule has 2 atom stereocenters. The Hall–Kier alpha value is -1.72. The lowest BCUT2D eigenvalue weighted by molar-refractivity contribution is -0.0642. The zero-order valence-corrected chi connectivity index (χ0v) is 17.8. The van der Waals surface area contributed by atoms with E-state index in [-0.39, 0.29) is 5.60 Å². The van der Waals surface area contributed by atoms with Gasteiger partial charge in [0.2, 0.25) is 5.95 Å². The summed E-state index contributed by atoms with van der Waals surface area (Å²) < 4.78 is 5.87. The normalized spacial score (nSPS) is 25.6. The first-order valence-corrected chi connectivity index (χ1v) is 10.8. The number of fused-ring (bicyclic) bond motifs is 1. The molecule has 0 aliphatic carbocycles. The van der Waals surface area contributed by atoms with E-state index in [1.165, 1.54) is 18.4 Å². The van der Waals surface area contributed by atoms with Gasteiger partial charge in [-0.25, -0.2) is 9.97 Å². The first kappa shape index (κ1) is 19.6. The number of hydrogen-bond acceptors (Lipinski definition) is 5. The van der Waals surface area contributed by atoms with E-state index in [2.05, 4.69) is 56.1 Å². The van der Waals surface area contributed by atoms with E-state index in [4.69, 9.17) is 14.7 Å². The Morgan fingerprint density at radius 1 is 1.07 bits per heavy atom. The molecule has 5 nitrogen and oxygen atoms in total. The van der Waals surface area contributed by atoms with Crippen LogP contribution in [-0.2, 0) is 4.74 Å². The molecule has 28 heavy (non-hydrogen) atoms. The number of rotatable bonds is 3. The van der Waals surface area contributed by atoms with Gasteiger partial charge in [-0.15, -0.1) is 0 Å². The average Bonchev–Trinajstić information content (AvgIpc) is 2.86. The van der Waals surface area contributed by atoms with Crippen molar-refractivity contribution < 1.29 is 4.74 Å². The smallest absolute Gasteiger partial charge is 0.226 e. The van der Waals surface area contributed by atoms with Crippen LogP contribution in [0.3, 0.4) is 0 Å². The van der Waals surface area contributed by atoms with Crippen LogP contribution in [0.4, 0.5) is 5.95 Å². The number of ether oxygens (including phenoxy) is 1. The maximum absolute atomic E-state index is 5.87. The molecule has 2 aromatic rings. The molecule has 2 aliphatic heterocycles. The van der Waals surface area contributed by atoms with Crippen molar-refractivity contribution in [3.8, 4) is 0 Å². The number of nitrogens with zero attached hydrogens (tertiary/aromatic N) is 3. The summed E-state index contributed by atoms with van der Waals surface area (Å²) in [6.07, 6.45) is 5.76. The van der Waals surface area contributed by atoms with E-state index in [0.29, 0.717) is 12.1 Å². The average molecular weight is 383 g/mol. The molecule has 2 aliphatic rings. The number of anilines is 1. The van der Waals surface area contributed by atoms with Gasteiger partial charge in [0.15, 0.2) is 0 Å². The Morgan fingerprint density at radius 2 is 1.93 bits per heavy atom. The second-order valence-electron chi connectivity index (χ2n) is 9.21. The molecule has 1 aromatic heterocycles. The van der Waals surface area contributed by atoms with Crippen LogP contribution in [0.2, 0.25) is 0 Å². The molecule has 2 fully saturated rings. The molecule has 0 unspecified atom stereocenters. The summed E-state index contributed by atoms with van der Waals surface area (Å²) in [5.41, 5.74) is 3.38. The largest absolute Gasteiger partial charge is 0.375 e. The van der Waals surface area contributed by atoms with Crippen LogP contribution in [-0.4, -0.2) is 47.3 Å². The van der Waals surface area contributed by atoms with Gasteiger partial charge in [-0.1, -0.05) is 12.1 Å². The van der Waals surface area contributed by atoms with E-state index < -0.39 is 0 Å². The van der Waals surface area contributed by atoms with Gasteiger partial charge in [-0.2, -0.15) is 0 Å². The van der Waals surface area contributed by atoms with Gasteiger partial charge in [-0.05, 0) is 71.4 Å². The predicted molar refractivity (Wildman–Crippen MR) is 115 cm³/mol. The standard InChI is InChI=1S/C23H34N4O/c1-16-7-8-20-17(2)24-22(26-21(20)14-16)27-11-5-6-18(9-12-27)25-19-10-13-28-23(3,4)15-19/h7-8,14,18-19,25H,5-6,9-13,15H2,1-4H3/t18-,19+/m0/s1. The first-order chi connectivity index (χ1) is 13.4. The third-order valence-corrected chi connectivity index (χ3v) is 6.21. The third-order valence-electron chi connectivity index (χ3n) is 6.21. The molecule has 1 N–H and O–H groups in total. The Morgan fingerprint density at radius 3 is 2.75 bits per heavy atom. The first-order valence-electron chi connectivity index (χ1n) is 10.8. The van der Waals surface area contributed by atoms with Crippen LogP contribution in [0, 0.1) is 13.8 Å². The molecule has 0 amide bonds. The second-order valence-corrected chi connectivity index (χ2v) is 9.21. The molecule has 5 heteroatoms. The maximum atomic E-state index is 5.87. The van der Waals surface area contributed by atoms with Gasteiger partial charge in [0.25, 0.3) is 0 Å². The van der Waals surface area contributed by atoms with Crippen molar-refractivity contribution in [3.63, 3.8) is 0 Å². The van der Waals surface area contributed by atoms with Crippen molar-refractivity contribution in [1.82, 2.24) is 15.3 Å². The molecule has 0 radical (unpaired) electrons. The highest BCUT2D eigenvalue weighted by Gasteiger charge is 2.30. The number of aryl methyl sites for hydroxylation is 2. The lowest BCUT2D eigenvalue weighted by Gasteiger charge is -2.37. The van der Waals surface area contributed by atoms with Crippen molar-refractivity contribution in [1.29, 1.82) is 0 Å². The van der Waals surface area contributed by atoms with E-state index in [0.717, 1.165) is 61.5 Å². The Balaban J connectivity index is 1.43. The maximum Gasteiger partial charge on any atom is 0.226 e. The number of benzene rings is 1. The highest BCUT2D eigenvalue weighted by atomic mass is 16.5. The molecular weight excluding hydrogens is 348 g/mol. The van der Waals surface area contributed by atoms with Gasteiger partial charge >= 0.3 is 0 Å². The molecule has 0 spiro atoms. The zero-order chi connectivity index (χ0) is 19.7. The molecular formula is C23H34N4O. The predicted octanol–water partition coefficient (Wildman–Crippen LogP) is 4.15. The van der Waals surface area contributed by atoms with Gasteiger partial charge < -0.3 is 15.0 Å². The SMILES string of the molecule is Cc1ccc2c(C)nc(N3CCC[C@H](N[C@@H]4CCOC(C)(C)C4)CC3)nc2c1. The summed E-state index contributed by atoms with van der Waals surface area (Å²) in [6.45, 7) is 11.5. The number of hydrogen-bond donors (Lipinski definition) is 1. The monoisotopic (exact) mass is 382 g/mol. The molecule has 2 saturated heterocycles. The third kappa shape index (κ3) is 4.47. The van der Waals surface area contributed by atoms with Gasteiger partial charge in [0, 0.05) is 37.2 Å². The highest BCUT2D eigenvalue weighted by Crippen LogP contribution is 2.26. The van der Waals surface area contributed by atoms with Crippen LogP contribution >= 0.6 is 0 Å². The topological polar surface area (TPSA) is 50.3 Å². The molecule has 3 heterocycles. The van der Waals surface area contributed by atoms with Crippen LogP contribution < -0.4 is 10.2 Å². The van der Waals surface area contributed by atoms with E-state index in [1.54, 1.807) is 0 Å². The van der Waals surface area contributed by atoms with E-state index in [9.17, 15) is 0 Å². The Kier molecular flexibility index (Phi) is 5.57. The summed E-state index contributed by atoms with van der Waals surface area (Å²) in [5.74, 6) is 0.892. The quantitative estimate of drug-likeness (QED) is 0.864. The molecule has 0 bridgehead atoms. The van der Waals surface area contributed by atoms with Crippen molar-refractivity contribution in [2.75, 3.05) is 24.6 Å². The van der Waals surface area contributed by atoms with Gasteiger partial charge in [-0.3, -0.25) is 0 Å². The Labute approximate surface area is 168 Å². The van der Waals surface area contributed by atoms with Crippen molar-refractivity contribution in [3.05, 3.63) is 29.5 Å². The van der Waals surface area contributed by atoms with Crippen LogP contribution in [0.1, 0.15) is 57.2 Å². The fraction of sp³-hybridized carbons (Fsp3) is 0.652. The highest BCUT2D eigenvalue weighted by molar-refractivity contribution is 5.82. The van der Waals surface area contributed by atoms with Crippen molar-refractivity contribution in [2.24, 2.45) is 0 Å². The minimum absolute atomic E-state index is 0.00126. The van der Waals surface area contributed by atoms with Crippen molar-refractivity contribution >= 4 is 16.9 Å². The summed E-state index contributed by atoms with van der Waals surface area (Å²) in [7, 11) is 0. The molecule has 0 saturated carbocycles. The summed E-state index contributed by atoms with van der Waals surface area (Å²) in [5, 5.41) is 5.08.